The van der Waals surface area contributed by atoms with Crippen LogP contribution in [0, 0.1) is 13.8 Å². The molecule has 0 unspecified atom stereocenters. The van der Waals surface area contributed by atoms with Crippen molar-refractivity contribution in [1.29, 1.82) is 0 Å². The van der Waals surface area contributed by atoms with Gasteiger partial charge in [0.05, 0.1) is 17.1 Å². The molecular weight excluding hydrogens is 450 g/mol. The molecule has 5 aromatic rings. The summed E-state index contributed by atoms with van der Waals surface area (Å²) in [6.07, 6.45) is 0. The lowest BCUT2D eigenvalue weighted by molar-refractivity contribution is 0.535. The minimum Gasteiger partial charge on any atom is -0.257 e. The quantitative estimate of drug-likeness (QED) is 0.253. The van der Waals surface area contributed by atoms with Crippen LogP contribution in [0.2, 0.25) is 0 Å². The number of nitrogens with zero attached hydrogens (tertiary/aromatic N) is 3. The molecule has 3 nitrogen and oxygen atoms in total. The average molecular weight is 480 g/mol. The molecule has 37 heavy (non-hydrogen) atoms. The lowest BCUT2D eigenvalue weighted by Gasteiger charge is -2.62. The van der Waals surface area contributed by atoms with Crippen LogP contribution < -0.4 is 10.0 Å². The number of amidine groups is 1. The summed E-state index contributed by atoms with van der Waals surface area (Å²) in [6, 6.07) is 49.1. The Morgan fingerprint density at radius 3 is 1.62 bits per heavy atom. The summed E-state index contributed by atoms with van der Waals surface area (Å²) in [4.78, 5) is 5.38. The molecule has 0 atom stereocenters. The van der Waals surface area contributed by atoms with Crippen LogP contribution in [0.4, 0.5) is 17.1 Å². The molecular formula is C34H29N3. The second kappa shape index (κ2) is 9.44. The molecule has 0 spiro atoms. The third-order valence-corrected chi connectivity index (χ3v) is 6.94. The Labute approximate surface area is 218 Å². The zero-order chi connectivity index (χ0) is 25.2. The van der Waals surface area contributed by atoms with Gasteiger partial charge in [-0.2, -0.15) is 0 Å². The van der Waals surface area contributed by atoms with Gasteiger partial charge in [0, 0.05) is 0 Å². The van der Waals surface area contributed by atoms with E-state index in [1.165, 1.54) is 22.3 Å². The highest BCUT2D eigenvalue weighted by molar-refractivity contribution is 6.19. The minimum atomic E-state index is -0.626. The molecule has 0 saturated carbocycles. The molecule has 0 amide bonds. The molecule has 1 heterocycles. The van der Waals surface area contributed by atoms with Gasteiger partial charge < -0.3 is 0 Å². The predicted molar refractivity (Wildman–Crippen MR) is 155 cm³/mol. The summed E-state index contributed by atoms with van der Waals surface area (Å²) in [7, 11) is 0. The van der Waals surface area contributed by atoms with E-state index in [-0.39, 0.29) is 0 Å². The van der Waals surface area contributed by atoms with Gasteiger partial charge in [0.15, 0.2) is 11.4 Å². The standard InChI is InChI=1S/C34H29N3/c1-26-21-23-30(24-22-26)35-33-34(28-14-6-3-7-15-28,29-16-8-4-9-17-29)37(31-18-10-5-11-19-31)36(33)32-20-12-13-27(2)25-32/h3-25H,1-2H3. The van der Waals surface area contributed by atoms with Gasteiger partial charge in [-0.05, 0) is 66.9 Å². The second-order valence-corrected chi connectivity index (χ2v) is 9.51. The first-order valence-electron chi connectivity index (χ1n) is 12.7. The fourth-order valence-corrected chi connectivity index (χ4v) is 5.22. The van der Waals surface area contributed by atoms with E-state index >= 15 is 0 Å². The molecule has 3 heteroatoms. The highest BCUT2D eigenvalue weighted by Crippen LogP contribution is 2.52. The van der Waals surface area contributed by atoms with Gasteiger partial charge in [-0.25, -0.2) is 10.0 Å². The van der Waals surface area contributed by atoms with Gasteiger partial charge in [-0.15, -0.1) is 0 Å². The van der Waals surface area contributed by atoms with Crippen molar-refractivity contribution in [3.05, 3.63) is 162 Å². The molecule has 1 fully saturated rings. The number of benzene rings is 5. The molecule has 0 bridgehead atoms. The van der Waals surface area contributed by atoms with Crippen molar-refractivity contribution >= 4 is 22.9 Å². The molecule has 1 aliphatic rings. The Balaban J connectivity index is 1.70. The van der Waals surface area contributed by atoms with Gasteiger partial charge in [-0.1, -0.05) is 109 Å². The first-order chi connectivity index (χ1) is 18.2. The Bertz CT molecular complexity index is 1490. The Kier molecular flexibility index (Phi) is 5.82. The molecule has 1 saturated heterocycles. The third kappa shape index (κ3) is 3.89. The average Bonchev–Trinajstić information content (AvgIpc) is 2.94. The van der Waals surface area contributed by atoms with Crippen molar-refractivity contribution in [2.24, 2.45) is 4.99 Å². The molecule has 0 N–H and O–H groups in total. The van der Waals surface area contributed by atoms with E-state index in [2.05, 4.69) is 163 Å². The SMILES string of the molecule is Cc1ccc(N=C2N(c3cccc(C)c3)N(c3ccccc3)C2(c2ccccc2)c2ccccc2)cc1. The minimum absolute atomic E-state index is 0.626. The normalized spacial score (nSPS) is 15.5. The number of aryl methyl sites for hydroxylation is 2. The number of hydrogen-bond acceptors (Lipinski definition) is 2. The molecule has 0 aromatic heterocycles. The van der Waals surface area contributed by atoms with E-state index in [9.17, 15) is 0 Å². The first-order valence-corrected chi connectivity index (χ1v) is 12.7. The van der Waals surface area contributed by atoms with E-state index in [1.807, 2.05) is 0 Å². The number of para-hydroxylation sites is 1. The summed E-state index contributed by atoms with van der Waals surface area (Å²) in [6.45, 7) is 4.24. The predicted octanol–water partition coefficient (Wildman–Crippen LogP) is 8.22. The maximum atomic E-state index is 5.38. The maximum absolute atomic E-state index is 5.38. The largest absolute Gasteiger partial charge is 0.257 e. The van der Waals surface area contributed by atoms with Crippen molar-refractivity contribution in [3.63, 3.8) is 0 Å². The number of hydrazine groups is 1. The highest BCUT2D eigenvalue weighted by Gasteiger charge is 2.60. The van der Waals surface area contributed by atoms with Crippen LogP contribution in [0.5, 0.6) is 0 Å². The number of aliphatic imine (C=N–C) groups is 1. The van der Waals surface area contributed by atoms with Crippen LogP contribution in [0.3, 0.4) is 0 Å². The van der Waals surface area contributed by atoms with E-state index in [0.29, 0.717) is 0 Å². The molecule has 0 radical (unpaired) electrons. The van der Waals surface area contributed by atoms with Gasteiger partial charge in [0.25, 0.3) is 0 Å². The van der Waals surface area contributed by atoms with Crippen molar-refractivity contribution in [2.45, 2.75) is 19.4 Å². The zero-order valence-corrected chi connectivity index (χ0v) is 21.1. The lowest BCUT2D eigenvalue weighted by Crippen LogP contribution is -2.77. The van der Waals surface area contributed by atoms with Crippen molar-refractivity contribution in [1.82, 2.24) is 0 Å². The third-order valence-electron chi connectivity index (χ3n) is 6.94. The number of rotatable bonds is 5. The fourth-order valence-electron chi connectivity index (χ4n) is 5.22. The first kappa shape index (κ1) is 22.8. The number of anilines is 2. The zero-order valence-electron chi connectivity index (χ0n) is 21.1. The Hall–Kier alpha value is -4.63. The van der Waals surface area contributed by atoms with Crippen LogP contribution in [0.25, 0.3) is 0 Å². The van der Waals surface area contributed by atoms with E-state index in [4.69, 9.17) is 4.99 Å². The van der Waals surface area contributed by atoms with E-state index in [1.54, 1.807) is 0 Å². The van der Waals surface area contributed by atoms with Crippen molar-refractivity contribution in [3.8, 4) is 0 Å². The van der Waals surface area contributed by atoms with Gasteiger partial charge in [-0.3, -0.25) is 5.01 Å². The van der Waals surface area contributed by atoms with E-state index < -0.39 is 5.54 Å². The van der Waals surface area contributed by atoms with Crippen LogP contribution >= 0.6 is 0 Å². The monoisotopic (exact) mass is 479 g/mol. The molecule has 0 aliphatic carbocycles. The molecule has 5 aromatic carbocycles. The second-order valence-electron chi connectivity index (χ2n) is 9.51. The van der Waals surface area contributed by atoms with Gasteiger partial charge >= 0.3 is 0 Å². The van der Waals surface area contributed by atoms with Gasteiger partial charge in [0.1, 0.15) is 0 Å². The smallest absolute Gasteiger partial charge is 0.171 e. The fraction of sp³-hybridized carbons (Fsp3) is 0.0882. The van der Waals surface area contributed by atoms with Crippen molar-refractivity contribution < 1.29 is 0 Å². The lowest BCUT2D eigenvalue weighted by atomic mass is 9.76. The summed E-state index contributed by atoms with van der Waals surface area (Å²) in [5, 5.41) is 4.65. The summed E-state index contributed by atoms with van der Waals surface area (Å²) in [5.41, 5.74) is 7.24. The molecule has 6 rings (SSSR count). The molecule has 1 aliphatic heterocycles. The Morgan fingerprint density at radius 2 is 1.05 bits per heavy atom. The summed E-state index contributed by atoms with van der Waals surface area (Å²) >= 11 is 0. The van der Waals surface area contributed by atoms with E-state index in [0.717, 1.165) is 22.9 Å². The topological polar surface area (TPSA) is 18.8 Å². The summed E-state index contributed by atoms with van der Waals surface area (Å²) in [5.74, 6) is 0.961. The van der Waals surface area contributed by atoms with Crippen LogP contribution in [-0.2, 0) is 5.54 Å². The van der Waals surface area contributed by atoms with Crippen LogP contribution in [0.1, 0.15) is 22.3 Å². The van der Waals surface area contributed by atoms with Crippen LogP contribution in [0.15, 0.2) is 145 Å². The Morgan fingerprint density at radius 1 is 0.514 bits per heavy atom. The highest BCUT2D eigenvalue weighted by atomic mass is 15.8. The summed E-state index contributed by atoms with van der Waals surface area (Å²) < 4.78 is 0. The van der Waals surface area contributed by atoms with Crippen LogP contribution in [-0.4, -0.2) is 5.84 Å². The maximum Gasteiger partial charge on any atom is 0.171 e. The molecule has 180 valence electrons. The van der Waals surface area contributed by atoms with Crippen molar-refractivity contribution in [2.75, 3.05) is 10.0 Å². The van der Waals surface area contributed by atoms with Gasteiger partial charge in [0.2, 0.25) is 0 Å². The number of hydrogen-bond donors (Lipinski definition) is 0.